The van der Waals surface area contributed by atoms with Crippen molar-refractivity contribution in [3.8, 4) is 5.75 Å². The van der Waals surface area contributed by atoms with Crippen LogP contribution in [0.4, 0.5) is 4.79 Å². The van der Waals surface area contributed by atoms with E-state index in [1.807, 2.05) is 63.8 Å². The molecule has 0 bridgehead atoms. The van der Waals surface area contributed by atoms with E-state index in [2.05, 4.69) is 4.72 Å². The molecule has 1 saturated heterocycles. The molecule has 0 aliphatic carbocycles. The van der Waals surface area contributed by atoms with Gasteiger partial charge in [0.25, 0.3) is 10.0 Å². The number of benzene rings is 3. The van der Waals surface area contributed by atoms with Gasteiger partial charge < -0.3 is 15.4 Å². The van der Waals surface area contributed by atoms with Crippen molar-refractivity contribution < 1.29 is 27.5 Å². The Kier molecular flexibility index (Phi) is 12.0. The molecule has 2 aliphatic rings. The van der Waals surface area contributed by atoms with Crippen molar-refractivity contribution in [3.63, 3.8) is 0 Å². The summed E-state index contributed by atoms with van der Waals surface area (Å²) in [5, 5.41) is 0.790. The van der Waals surface area contributed by atoms with Gasteiger partial charge in [0.1, 0.15) is 27.6 Å². The molecule has 0 spiro atoms. The molecule has 2 aliphatic heterocycles. The number of halogens is 3. The predicted molar refractivity (Wildman–Crippen MR) is 211 cm³/mol. The summed E-state index contributed by atoms with van der Waals surface area (Å²) in [5.41, 5.74) is 4.00. The van der Waals surface area contributed by atoms with Gasteiger partial charge in [0.2, 0.25) is 11.8 Å². The van der Waals surface area contributed by atoms with Crippen LogP contribution in [0.25, 0.3) is 0 Å². The van der Waals surface area contributed by atoms with Crippen molar-refractivity contribution in [2.24, 2.45) is 16.1 Å². The van der Waals surface area contributed by atoms with E-state index in [9.17, 15) is 18.0 Å². The van der Waals surface area contributed by atoms with E-state index < -0.39 is 49.3 Å². The number of amidine groups is 1. The zero-order chi connectivity index (χ0) is 39.8. The van der Waals surface area contributed by atoms with Crippen LogP contribution in [0.15, 0.2) is 70.6 Å². The number of hydrogen-bond acceptors (Lipinski definition) is 8. The van der Waals surface area contributed by atoms with Crippen LogP contribution in [-0.2, 0) is 30.7 Å². The molecule has 54 heavy (non-hydrogen) atoms. The maximum Gasteiger partial charge on any atom is 0.326 e. The molecule has 4 amide bonds. The predicted octanol–water partition coefficient (Wildman–Crippen LogP) is 6.40. The number of primary amides is 1. The highest BCUT2D eigenvalue weighted by Gasteiger charge is 2.60. The fourth-order valence-corrected chi connectivity index (χ4v) is 8.72. The Balaban J connectivity index is 1.77. The molecule has 0 saturated carbocycles. The number of nitrogens with zero attached hydrogens (tertiary/aromatic N) is 4. The largest absolute Gasteiger partial charge is 0.493 e. The molecule has 0 aromatic heterocycles. The molecule has 0 radical (unpaired) electrons. The van der Waals surface area contributed by atoms with Crippen molar-refractivity contribution in [2.45, 2.75) is 63.9 Å². The summed E-state index contributed by atoms with van der Waals surface area (Å²) in [6, 6.07) is 16.5. The molecule has 2 heterocycles. The van der Waals surface area contributed by atoms with Gasteiger partial charge in [0, 0.05) is 48.7 Å². The molecule has 12 nitrogen and oxygen atoms in total. The third kappa shape index (κ3) is 8.35. The molecule has 3 N–H and O–H groups in total. The monoisotopic (exact) mass is 818 g/mol. The molecule has 5 rings (SSSR count). The third-order valence-corrected chi connectivity index (χ3v) is 12.1. The van der Waals surface area contributed by atoms with E-state index in [0.717, 1.165) is 0 Å². The summed E-state index contributed by atoms with van der Waals surface area (Å²) in [4.78, 5) is 49.9. The fraction of sp³-hybridized carbons (Fsp3) is 0.421. The Labute approximate surface area is 331 Å². The topological polar surface area (TPSA) is 155 Å². The molecule has 3 aromatic rings. The summed E-state index contributed by atoms with van der Waals surface area (Å²) in [6.07, 6.45) is -0.0612. The van der Waals surface area contributed by atoms with Gasteiger partial charge in [-0.05, 0) is 67.6 Å². The Hall–Kier alpha value is -3.88. The standard InChI is InChI=1S/C38H45Cl3N6O6S/c1-7-53-30-21-29(41)31(54(51,52)44-33(49)22-36(2,3)4)20-28(30)34-43-37(5,24-8-12-26(39)13-9-24)38(6,25-10-14-27(40)15-11-25)47(34)35(50)46-18-16-45(17-19-46)23-32(42)48/h8-15,20-21H,7,16-19,22-23H2,1-6H3,(H2,42,48)(H,44,49)/t37-,38+/m0/s1. The Morgan fingerprint density at radius 3 is 1.98 bits per heavy atom. The van der Waals surface area contributed by atoms with Crippen molar-refractivity contribution in [1.82, 2.24) is 19.4 Å². The Morgan fingerprint density at radius 1 is 0.907 bits per heavy atom. The van der Waals surface area contributed by atoms with Crippen LogP contribution in [0.5, 0.6) is 5.75 Å². The number of nitrogens with two attached hydrogens (primary N) is 1. The van der Waals surface area contributed by atoms with Crippen LogP contribution in [-0.4, -0.2) is 86.1 Å². The first-order chi connectivity index (χ1) is 25.2. The number of amides is 4. The summed E-state index contributed by atoms with van der Waals surface area (Å²) in [6.45, 7) is 12.5. The highest BCUT2D eigenvalue weighted by atomic mass is 35.5. The smallest absolute Gasteiger partial charge is 0.326 e. The Bertz CT molecular complexity index is 2070. The number of sulfonamides is 1. The minimum absolute atomic E-state index is 0.0572. The van der Waals surface area contributed by atoms with Gasteiger partial charge in [-0.25, -0.2) is 17.9 Å². The SMILES string of the molecule is CCOc1cc(Cl)c(S(=O)(=O)NC(=O)CC(C)(C)C)cc1C1=N[C@@](C)(c2ccc(Cl)cc2)[C@@](C)(c2ccc(Cl)cc2)N1C(=O)N1CCN(CC(N)=O)CC1. The maximum absolute atomic E-state index is 15.2. The number of piperazine rings is 1. The average molecular weight is 820 g/mol. The van der Waals surface area contributed by atoms with Crippen LogP contribution >= 0.6 is 34.8 Å². The molecule has 1 fully saturated rings. The maximum atomic E-state index is 15.2. The van der Waals surface area contributed by atoms with Crippen LogP contribution in [0, 0.1) is 5.41 Å². The number of rotatable bonds is 10. The minimum Gasteiger partial charge on any atom is -0.493 e. The lowest BCUT2D eigenvalue weighted by Gasteiger charge is -2.47. The second-order valence-electron chi connectivity index (χ2n) is 14.9. The average Bonchev–Trinajstić information content (AvgIpc) is 3.31. The third-order valence-electron chi connectivity index (χ3n) is 9.77. The Morgan fingerprint density at radius 2 is 1.46 bits per heavy atom. The van der Waals surface area contributed by atoms with Gasteiger partial charge >= 0.3 is 6.03 Å². The summed E-state index contributed by atoms with van der Waals surface area (Å²) < 4.78 is 36.0. The quantitative estimate of drug-likeness (QED) is 0.240. The van der Waals surface area contributed by atoms with E-state index in [4.69, 9.17) is 50.3 Å². The molecule has 0 unspecified atom stereocenters. The van der Waals surface area contributed by atoms with Crippen molar-refractivity contribution in [2.75, 3.05) is 39.3 Å². The number of carbonyl (C=O) groups excluding carboxylic acids is 3. The zero-order valence-electron chi connectivity index (χ0n) is 31.1. The number of urea groups is 1. The van der Waals surface area contributed by atoms with E-state index in [1.165, 1.54) is 12.1 Å². The number of ether oxygens (including phenoxy) is 1. The number of aliphatic imine (C=N–C) groups is 1. The van der Waals surface area contributed by atoms with Gasteiger partial charge in [-0.3, -0.25) is 24.4 Å². The lowest BCUT2D eigenvalue weighted by molar-refractivity contribution is -0.121. The van der Waals surface area contributed by atoms with E-state index in [1.54, 1.807) is 41.0 Å². The fourth-order valence-electron chi connectivity index (χ4n) is 6.94. The highest BCUT2D eigenvalue weighted by molar-refractivity contribution is 7.90. The second kappa shape index (κ2) is 15.7. The summed E-state index contributed by atoms with van der Waals surface area (Å²) in [7, 11) is -4.52. The summed E-state index contributed by atoms with van der Waals surface area (Å²) in [5.74, 6) is -0.898. The lowest BCUT2D eigenvalue weighted by Crippen LogP contribution is -2.61. The van der Waals surface area contributed by atoms with E-state index in [0.29, 0.717) is 34.3 Å². The first kappa shape index (κ1) is 41.3. The first-order valence-electron chi connectivity index (χ1n) is 17.4. The minimum atomic E-state index is -4.52. The van der Waals surface area contributed by atoms with Crippen LogP contribution < -0.4 is 15.2 Å². The van der Waals surface area contributed by atoms with Crippen LogP contribution in [0.2, 0.25) is 15.1 Å². The number of nitrogens with one attached hydrogen (secondary N) is 1. The van der Waals surface area contributed by atoms with Gasteiger partial charge in [0.15, 0.2) is 0 Å². The number of carbonyl (C=O) groups is 3. The van der Waals surface area contributed by atoms with Crippen molar-refractivity contribution >= 4 is 68.5 Å². The van der Waals surface area contributed by atoms with E-state index in [-0.39, 0.29) is 54.8 Å². The van der Waals surface area contributed by atoms with Gasteiger partial charge in [-0.2, -0.15) is 0 Å². The molecular weight excluding hydrogens is 775 g/mol. The van der Waals surface area contributed by atoms with Gasteiger partial charge in [-0.15, -0.1) is 0 Å². The first-order valence-corrected chi connectivity index (χ1v) is 20.1. The summed E-state index contributed by atoms with van der Waals surface area (Å²) >= 11 is 19.4. The second-order valence-corrected chi connectivity index (χ2v) is 17.8. The van der Waals surface area contributed by atoms with Crippen molar-refractivity contribution in [3.05, 3.63) is 92.4 Å². The molecular formula is C38H45Cl3N6O6S. The molecule has 2 atom stereocenters. The number of hydrogen-bond donors (Lipinski definition) is 2. The lowest BCUT2D eigenvalue weighted by atomic mass is 9.71. The zero-order valence-corrected chi connectivity index (χ0v) is 34.2. The molecule has 290 valence electrons. The molecule has 3 aromatic carbocycles. The van der Waals surface area contributed by atoms with Crippen LogP contribution in [0.1, 0.15) is 64.7 Å². The van der Waals surface area contributed by atoms with E-state index >= 15 is 4.79 Å². The highest BCUT2D eigenvalue weighted by Crippen LogP contribution is 2.54. The van der Waals surface area contributed by atoms with Crippen LogP contribution in [0.3, 0.4) is 0 Å². The normalized spacial score (nSPS) is 20.8. The molecule has 16 heteroatoms. The van der Waals surface area contributed by atoms with Gasteiger partial charge in [0.05, 0.1) is 23.7 Å². The van der Waals surface area contributed by atoms with Gasteiger partial charge in [-0.1, -0.05) is 79.8 Å². The van der Waals surface area contributed by atoms with Crippen molar-refractivity contribution in [1.29, 1.82) is 0 Å².